The van der Waals surface area contributed by atoms with Crippen molar-refractivity contribution in [3.05, 3.63) is 28.2 Å². The quantitative estimate of drug-likeness (QED) is 0.929. The Morgan fingerprint density at radius 1 is 1.39 bits per heavy atom. The fourth-order valence-electron chi connectivity index (χ4n) is 2.69. The van der Waals surface area contributed by atoms with Crippen molar-refractivity contribution in [3.8, 4) is 0 Å². The van der Waals surface area contributed by atoms with Crippen LogP contribution in [0.3, 0.4) is 0 Å². The van der Waals surface area contributed by atoms with Gasteiger partial charge in [-0.15, -0.1) is 0 Å². The number of rotatable bonds is 3. The highest BCUT2D eigenvalue weighted by molar-refractivity contribution is 9.10. The molecule has 0 radical (unpaired) electrons. The van der Waals surface area contributed by atoms with Crippen LogP contribution in [0.15, 0.2) is 22.7 Å². The van der Waals surface area contributed by atoms with Crippen LogP contribution in [0.25, 0.3) is 0 Å². The Morgan fingerprint density at radius 2 is 2.17 bits per heavy atom. The van der Waals surface area contributed by atoms with E-state index in [1.807, 2.05) is 0 Å². The van der Waals surface area contributed by atoms with Crippen LogP contribution in [0.2, 0.25) is 0 Å². The third-order valence-electron chi connectivity index (χ3n) is 3.68. The molecule has 2 N–H and O–H groups in total. The van der Waals surface area contributed by atoms with Crippen molar-refractivity contribution < 1.29 is 0 Å². The second-order valence-corrected chi connectivity index (χ2v) is 5.97. The van der Waals surface area contributed by atoms with Gasteiger partial charge in [0.05, 0.1) is 0 Å². The van der Waals surface area contributed by atoms with Crippen molar-refractivity contribution in [2.75, 3.05) is 37.6 Å². The molecular formula is C14H22BrN3. The van der Waals surface area contributed by atoms with E-state index in [0.29, 0.717) is 6.04 Å². The Balaban J connectivity index is 2.07. The number of halogens is 1. The summed E-state index contributed by atoms with van der Waals surface area (Å²) in [6.07, 6.45) is 0. The topological polar surface area (TPSA) is 32.5 Å². The zero-order valence-electron chi connectivity index (χ0n) is 11.2. The van der Waals surface area contributed by atoms with Crippen molar-refractivity contribution in [1.82, 2.24) is 4.90 Å². The second kappa shape index (κ2) is 6.04. The summed E-state index contributed by atoms with van der Waals surface area (Å²) in [6, 6.07) is 7.10. The van der Waals surface area contributed by atoms with E-state index in [-0.39, 0.29) is 0 Å². The molecule has 2 rings (SSSR count). The molecule has 0 amide bonds. The van der Waals surface area contributed by atoms with Crippen molar-refractivity contribution >= 4 is 21.6 Å². The predicted octanol–water partition coefficient (Wildman–Crippen LogP) is 2.23. The van der Waals surface area contributed by atoms with Crippen LogP contribution >= 0.6 is 15.9 Å². The summed E-state index contributed by atoms with van der Waals surface area (Å²) in [5.74, 6) is 0. The molecule has 1 atom stereocenters. The number of nitrogens with zero attached hydrogens (tertiary/aromatic N) is 2. The van der Waals surface area contributed by atoms with Gasteiger partial charge in [0.25, 0.3) is 0 Å². The van der Waals surface area contributed by atoms with Gasteiger partial charge < -0.3 is 10.6 Å². The van der Waals surface area contributed by atoms with Crippen LogP contribution < -0.4 is 10.6 Å². The van der Waals surface area contributed by atoms with Crippen LogP contribution in [-0.4, -0.2) is 43.7 Å². The number of hydrogen-bond donors (Lipinski definition) is 1. The SMILES string of the molecule is Cc1cc(Br)ccc1N1CCN(CCN)C(C)C1. The van der Waals surface area contributed by atoms with Gasteiger partial charge in [0, 0.05) is 48.9 Å². The maximum absolute atomic E-state index is 5.65. The number of piperazine rings is 1. The van der Waals surface area contributed by atoms with Gasteiger partial charge >= 0.3 is 0 Å². The molecule has 100 valence electrons. The van der Waals surface area contributed by atoms with E-state index < -0.39 is 0 Å². The summed E-state index contributed by atoms with van der Waals surface area (Å²) in [7, 11) is 0. The lowest BCUT2D eigenvalue weighted by Gasteiger charge is -2.41. The average Bonchev–Trinajstić information content (AvgIpc) is 2.32. The van der Waals surface area contributed by atoms with E-state index in [0.717, 1.165) is 37.2 Å². The van der Waals surface area contributed by atoms with Gasteiger partial charge in [-0.3, -0.25) is 4.90 Å². The Labute approximate surface area is 118 Å². The zero-order valence-corrected chi connectivity index (χ0v) is 12.8. The molecule has 0 aromatic heterocycles. The molecule has 18 heavy (non-hydrogen) atoms. The molecule has 1 aromatic rings. The summed E-state index contributed by atoms with van der Waals surface area (Å²) < 4.78 is 1.15. The van der Waals surface area contributed by atoms with Gasteiger partial charge in [-0.2, -0.15) is 0 Å². The highest BCUT2D eigenvalue weighted by atomic mass is 79.9. The highest BCUT2D eigenvalue weighted by Crippen LogP contribution is 2.25. The minimum absolute atomic E-state index is 0.574. The van der Waals surface area contributed by atoms with Crippen LogP contribution in [0, 0.1) is 6.92 Å². The number of hydrogen-bond acceptors (Lipinski definition) is 3. The molecule has 1 saturated heterocycles. The monoisotopic (exact) mass is 311 g/mol. The molecule has 1 aromatic carbocycles. The van der Waals surface area contributed by atoms with Crippen LogP contribution in [-0.2, 0) is 0 Å². The summed E-state index contributed by atoms with van der Waals surface area (Å²) in [6.45, 7) is 9.51. The largest absolute Gasteiger partial charge is 0.368 e. The molecule has 0 spiro atoms. The Hall–Kier alpha value is -0.580. The lowest BCUT2D eigenvalue weighted by molar-refractivity contribution is 0.195. The van der Waals surface area contributed by atoms with Crippen LogP contribution in [0.5, 0.6) is 0 Å². The molecule has 1 aliphatic rings. The van der Waals surface area contributed by atoms with Gasteiger partial charge in [0.15, 0.2) is 0 Å². The maximum Gasteiger partial charge on any atom is 0.0397 e. The maximum atomic E-state index is 5.65. The summed E-state index contributed by atoms with van der Waals surface area (Å²) in [5, 5.41) is 0. The first-order valence-corrected chi connectivity index (χ1v) is 7.36. The summed E-state index contributed by atoms with van der Waals surface area (Å²) >= 11 is 3.52. The lowest BCUT2D eigenvalue weighted by atomic mass is 10.1. The molecule has 1 aliphatic heterocycles. The van der Waals surface area contributed by atoms with E-state index >= 15 is 0 Å². The smallest absolute Gasteiger partial charge is 0.0397 e. The summed E-state index contributed by atoms with van der Waals surface area (Å²) in [5.41, 5.74) is 8.34. The van der Waals surface area contributed by atoms with Crippen molar-refractivity contribution in [2.45, 2.75) is 19.9 Å². The molecule has 0 saturated carbocycles. The fourth-order valence-corrected chi connectivity index (χ4v) is 3.16. The first-order chi connectivity index (χ1) is 8.61. The van der Waals surface area contributed by atoms with Gasteiger partial charge in [0.1, 0.15) is 0 Å². The Kier molecular flexibility index (Phi) is 4.65. The molecule has 3 nitrogen and oxygen atoms in total. The van der Waals surface area contributed by atoms with E-state index in [2.05, 4.69) is 57.8 Å². The Morgan fingerprint density at radius 3 is 2.78 bits per heavy atom. The van der Waals surface area contributed by atoms with Crippen molar-refractivity contribution in [1.29, 1.82) is 0 Å². The fraction of sp³-hybridized carbons (Fsp3) is 0.571. The van der Waals surface area contributed by atoms with Crippen LogP contribution in [0.4, 0.5) is 5.69 Å². The lowest BCUT2D eigenvalue weighted by Crippen LogP contribution is -2.53. The second-order valence-electron chi connectivity index (χ2n) is 5.05. The first-order valence-electron chi connectivity index (χ1n) is 6.57. The molecule has 1 heterocycles. The van der Waals surface area contributed by atoms with E-state index in [1.165, 1.54) is 11.3 Å². The minimum atomic E-state index is 0.574. The Bertz CT molecular complexity index is 408. The van der Waals surface area contributed by atoms with Crippen molar-refractivity contribution in [2.24, 2.45) is 5.73 Å². The normalized spacial score (nSPS) is 21.3. The molecule has 0 aliphatic carbocycles. The molecule has 4 heteroatoms. The number of aryl methyl sites for hydroxylation is 1. The van der Waals surface area contributed by atoms with E-state index in [9.17, 15) is 0 Å². The standard InChI is InChI=1S/C14H22BrN3/c1-11-9-13(15)3-4-14(11)18-8-7-17(6-5-16)12(2)10-18/h3-4,9,12H,5-8,10,16H2,1-2H3. The van der Waals surface area contributed by atoms with E-state index in [4.69, 9.17) is 5.73 Å². The molecule has 0 bridgehead atoms. The number of anilines is 1. The van der Waals surface area contributed by atoms with E-state index in [1.54, 1.807) is 0 Å². The molecule has 1 unspecified atom stereocenters. The molecule has 1 fully saturated rings. The number of benzene rings is 1. The van der Waals surface area contributed by atoms with Crippen molar-refractivity contribution in [3.63, 3.8) is 0 Å². The molecular weight excluding hydrogens is 290 g/mol. The van der Waals surface area contributed by atoms with Gasteiger partial charge in [-0.1, -0.05) is 15.9 Å². The minimum Gasteiger partial charge on any atom is -0.368 e. The van der Waals surface area contributed by atoms with Gasteiger partial charge in [0.2, 0.25) is 0 Å². The third kappa shape index (κ3) is 3.05. The number of nitrogens with two attached hydrogens (primary N) is 1. The third-order valence-corrected chi connectivity index (χ3v) is 4.17. The van der Waals surface area contributed by atoms with Gasteiger partial charge in [-0.05, 0) is 37.6 Å². The average molecular weight is 312 g/mol. The highest BCUT2D eigenvalue weighted by Gasteiger charge is 2.23. The first kappa shape index (κ1) is 13.8. The zero-order chi connectivity index (χ0) is 13.1. The summed E-state index contributed by atoms with van der Waals surface area (Å²) in [4.78, 5) is 4.96. The van der Waals surface area contributed by atoms with Crippen LogP contribution in [0.1, 0.15) is 12.5 Å². The predicted molar refractivity (Wildman–Crippen MR) is 81.2 cm³/mol. The van der Waals surface area contributed by atoms with Gasteiger partial charge in [-0.25, -0.2) is 0 Å².